The maximum absolute atomic E-state index is 14.4. The zero-order valence-corrected chi connectivity index (χ0v) is 15.3. The van der Waals surface area contributed by atoms with Crippen molar-refractivity contribution >= 4 is 26.8 Å². The van der Waals surface area contributed by atoms with Crippen molar-refractivity contribution in [2.75, 3.05) is 6.61 Å². The fourth-order valence-corrected chi connectivity index (χ4v) is 4.97. The van der Waals surface area contributed by atoms with Crippen LogP contribution in [0.25, 0.3) is 10.9 Å². The van der Waals surface area contributed by atoms with Crippen LogP contribution in [0.3, 0.4) is 0 Å². The van der Waals surface area contributed by atoms with Crippen LogP contribution in [0.4, 0.5) is 8.78 Å². The Morgan fingerprint density at radius 1 is 1.42 bits per heavy atom. The van der Waals surface area contributed by atoms with E-state index in [0.717, 1.165) is 52.4 Å². The monoisotopic (exact) mass is 398 g/mol. The van der Waals surface area contributed by atoms with Crippen LogP contribution in [0, 0.1) is 0 Å². The van der Waals surface area contributed by atoms with Crippen molar-refractivity contribution in [3.05, 3.63) is 27.9 Å². The molecule has 4 rings (SSSR count). The molecule has 0 bridgehead atoms. The van der Waals surface area contributed by atoms with Gasteiger partial charge in [-0.1, -0.05) is 6.92 Å². The van der Waals surface area contributed by atoms with Crippen molar-refractivity contribution < 1.29 is 13.5 Å². The van der Waals surface area contributed by atoms with E-state index in [-0.39, 0.29) is 12.6 Å². The molecule has 1 aromatic heterocycles. The van der Waals surface area contributed by atoms with Gasteiger partial charge in [-0.15, -0.1) is 0 Å². The third-order valence-electron chi connectivity index (χ3n) is 5.39. The van der Waals surface area contributed by atoms with E-state index < -0.39 is 11.8 Å². The van der Waals surface area contributed by atoms with E-state index in [1.54, 1.807) is 6.20 Å². The van der Waals surface area contributed by atoms with Gasteiger partial charge in [-0.05, 0) is 65.2 Å². The summed E-state index contributed by atoms with van der Waals surface area (Å²) in [5.41, 5.74) is 2.77. The van der Waals surface area contributed by atoms with E-state index in [2.05, 4.69) is 27.1 Å². The summed E-state index contributed by atoms with van der Waals surface area (Å²) in [6, 6.07) is 2.05. The highest BCUT2D eigenvalue weighted by Gasteiger charge is 2.44. The smallest absolute Gasteiger partial charge is 0.255 e. The lowest BCUT2D eigenvalue weighted by Crippen LogP contribution is -2.32. The lowest BCUT2D eigenvalue weighted by molar-refractivity contribution is -0.0429. The van der Waals surface area contributed by atoms with Crippen molar-refractivity contribution in [2.24, 2.45) is 0 Å². The Hall–Kier alpha value is -1.01. The van der Waals surface area contributed by atoms with Crippen LogP contribution in [0.5, 0.6) is 0 Å². The molecule has 24 heavy (non-hydrogen) atoms. The lowest BCUT2D eigenvalue weighted by Gasteiger charge is -2.34. The third kappa shape index (κ3) is 2.49. The molecule has 0 amide bonds. The molecule has 0 N–H and O–H groups in total. The predicted molar refractivity (Wildman–Crippen MR) is 92.6 cm³/mol. The molecule has 2 aromatic rings. The number of alkyl halides is 2. The highest BCUT2D eigenvalue weighted by molar-refractivity contribution is 9.10. The molecule has 130 valence electrons. The van der Waals surface area contributed by atoms with Crippen molar-refractivity contribution in [2.45, 2.75) is 63.5 Å². The van der Waals surface area contributed by atoms with Gasteiger partial charge in [0.2, 0.25) is 0 Å². The third-order valence-corrected chi connectivity index (χ3v) is 6.24. The molecule has 1 fully saturated rings. The highest BCUT2D eigenvalue weighted by Crippen LogP contribution is 2.49. The van der Waals surface area contributed by atoms with E-state index in [1.165, 1.54) is 0 Å². The number of ether oxygens (including phenoxy) is 1. The zero-order chi connectivity index (χ0) is 16.9. The van der Waals surface area contributed by atoms with E-state index in [4.69, 9.17) is 4.74 Å². The predicted octanol–water partition coefficient (Wildman–Crippen LogP) is 5.57. The number of hydrogen-bond donors (Lipinski definition) is 0. The van der Waals surface area contributed by atoms with Crippen LogP contribution in [0.2, 0.25) is 0 Å². The van der Waals surface area contributed by atoms with Crippen LogP contribution in [-0.4, -0.2) is 22.3 Å². The summed E-state index contributed by atoms with van der Waals surface area (Å²) in [5, 5.41) is 5.41. The van der Waals surface area contributed by atoms with Gasteiger partial charge in [0.1, 0.15) is 0 Å². The Kier molecular flexibility index (Phi) is 4.15. The number of fused-ring (bicyclic) bond motifs is 2. The number of aryl methyl sites for hydroxylation is 1. The van der Waals surface area contributed by atoms with Gasteiger partial charge in [-0.25, -0.2) is 13.5 Å². The quantitative estimate of drug-likeness (QED) is 0.660. The molecule has 1 aromatic carbocycles. The Balaban J connectivity index is 1.86. The van der Waals surface area contributed by atoms with Crippen molar-refractivity contribution in [3.63, 3.8) is 0 Å². The Labute approximate surface area is 148 Å². The van der Waals surface area contributed by atoms with Crippen molar-refractivity contribution in [1.29, 1.82) is 0 Å². The summed E-state index contributed by atoms with van der Waals surface area (Å²) >= 11 is 3.61. The summed E-state index contributed by atoms with van der Waals surface area (Å²) in [6.45, 7) is 2.59. The van der Waals surface area contributed by atoms with Crippen LogP contribution in [0.15, 0.2) is 16.7 Å². The topological polar surface area (TPSA) is 27.1 Å². The number of hydrogen-bond acceptors (Lipinski definition) is 2. The van der Waals surface area contributed by atoms with Crippen molar-refractivity contribution in [3.8, 4) is 0 Å². The minimum atomic E-state index is -2.64. The maximum atomic E-state index is 14.4. The van der Waals surface area contributed by atoms with E-state index >= 15 is 0 Å². The van der Waals surface area contributed by atoms with Gasteiger partial charge < -0.3 is 4.74 Å². The largest absolute Gasteiger partial charge is 0.356 e. The fraction of sp³-hybridized carbons (Fsp3) is 0.611. The Morgan fingerprint density at radius 3 is 2.96 bits per heavy atom. The SMILES string of the molecule is CCC1c2c(cc3c(cnn3C3CCCCO3)c2Br)CCC1(F)F. The van der Waals surface area contributed by atoms with Gasteiger partial charge in [0.05, 0.1) is 11.7 Å². The summed E-state index contributed by atoms with van der Waals surface area (Å²) in [7, 11) is 0. The van der Waals surface area contributed by atoms with Crippen LogP contribution >= 0.6 is 15.9 Å². The zero-order valence-electron chi connectivity index (χ0n) is 13.7. The number of rotatable bonds is 2. The first-order chi connectivity index (χ1) is 11.5. The standard InChI is InChI=1S/C18H21BrF2N2O/c1-2-13-16-11(6-7-18(13,20)21)9-14-12(17(16)19)10-22-23(14)15-5-3-4-8-24-15/h9-10,13,15H,2-8H2,1H3. The molecule has 3 nitrogen and oxygen atoms in total. The minimum Gasteiger partial charge on any atom is -0.356 e. The van der Waals surface area contributed by atoms with Crippen LogP contribution in [0.1, 0.15) is 62.3 Å². The van der Waals surface area contributed by atoms with Crippen LogP contribution < -0.4 is 0 Å². The van der Waals surface area contributed by atoms with E-state index in [1.807, 2.05) is 11.6 Å². The molecule has 1 saturated heterocycles. The summed E-state index contributed by atoms with van der Waals surface area (Å²) in [5.74, 6) is -3.37. The van der Waals surface area contributed by atoms with Gasteiger partial charge in [0, 0.05) is 28.8 Å². The summed E-state index contributed by atoms with van der Waals surface area (Å²) in [6.07, 6.45) is 5.65. The molecule has 0 saturated carbocycles. The molecule has 0 radical (unpaired) electrons. The van der Waals surface area contributed by atoms with E-state index in [0.29, 0.717) is 12.8 Å². The number of benzene rings is 1. The molecule has 1 aliphatic heterocycles. The number of nitrogens with zero attached hydrogens (tertiary/aromatic N) is 2. The lowest BCUT2D eigenvalue weighted by atomic mass is 9.78. The van der Waals surface area contributed by atoms with Crippen LogP contribution in [-0.2, 0) is 11.2 Å². The van der Waals surface area contributed by atoms with E-state index in [9.17, 15) is 8.78 Å². The molecule has 2 unspecified atom stereocenters. The molecule has 2 aliphatic rings. The highest BCUT2D eigenvalue weighted by atomic mass is 79.9. The second-order valence-corrected chi connectivity index (χ2v) is 7.62. The molecule has 1 aliphatic carbocycles. The van der Waals surface area contributed by atoms with Crippen molar-refractivity contribution in [1.82, 2.24) is 9.78 Å². The average molecular weight is 399 g/mol. The van der Waals surface area contributed by atoms with Gasteiger partial charge in [-0.2, -0.15) is 5.10 Å². The Bertz CT molecular complexity index is 768. The molecular formula is C18H21BrF2N2O. The van der Waals surface area contributed by atoms with Gasteiger partial charge in [-0.3, -0.25) is 0 Å². The fourth-order valence-electron chi connectivity index (χ4n) is 4.13. The first-order valence-electron chi connectivity index (χ1n) is 8.71. The molecule has 6 heteroatoms. The number of halogens is 3. The molecular weight excluding hydrogens is 378 g/mol. The molecule has 2 atom stereocenters. The van der Waals surface area contributed by atoms with Gasteiger partial charge in [0.25, 0.3) is 5.92 Å². The first kappa shape index (κ1) is 16.5. The second kappa shape index (κ2) is 6.06. The summed E-state index contributed by atoms with van der Waals surface area (Å²) in [4.78, 5) is 0. The Morgan fingerprint density at radius 2 is 2.25 bits per heavy atom. The average Bonchev–Trinajstić information content (AvgIpc) is 3.00. The van der Waals surface area contributed by atoms with Gasteiger partial charge >= 0.3 is 0 Å². The first-order valence-corrected chi connectivity index (χ1v) is 9.50. The normalized spacial score (nSPS) is 26.5. The molecule has 0 spiro atoms. The van der Waals surface area contributed by atoms with Gasteiger partial charge in [0.15, 0.2) is 6.23 Å². The minimum absolute atomic E-state index is 0.0480. The summed E-state index contributed by atoms with van der Waals surface area (Å²) < 4.78 is 37.3. The number of aromatic nitrogens is 2. The second-order valence-electron chi connectivity index (χ2n) is 6.83. The molecule has 2 heterocycles. The maximum Gasteiger partial charge on any atom is 0.255 e.